The molecule has 0 unspecified atom stereocenters. The summed E-state index contributed by atoms with van der Waals surface area (Å²) in [6.45, 7) is 4.42. The van der Waals surface area contributed by atoms with Gasteiger partial charge < -0.3 is 0 Å². The minimum Gasteiger partial charge on any atom is -0.277 e. The Morgan fingerprint density at radius 3 is 2.70 bits per heavy atom. The molecular formula is C21H19ClN4S. The number of benzene rings is 2. The molecule has 0 amide bonds. The zero-order chi connectivity index (χ0) is 19.2. The van der Waals surface area contributed by atoms with E-state index in [0.29, 0.717) is 21.6 Å². The van der Waals surface area contributed by atoms with Crippen molar-refractivity contribution in [2.75, 3.05) is 5.43 Å². The molecule has 0 bridgehead atoms. The molecule has 0 aliphatic rings. The molecule has 4 nitrogen and oxygen atoms in total. The summed E-state index contributed by atoms with van der Waals surface area (Å²) in [7, 11) is 0. The highest BCUT2D eigenvalue weighted by Crippen LogP contribution is 2.24. The van der Waals surface area contributed by atoms with Crippen LogP contribution in [0.1, 0.15) is 24.4 Å². The summed E-state index contributed by atoms with van der Waals surface area (Å²) in [5.74, 6) is 0.628. The molecule has 0 aliphatic heterocycles. The largest absolute Gasteiger partial charge is 0.277 e. The maximum Gasteiger partial charge on any atom is 0.196 e. The third-order valence-electron chi connectivity index (χ3n) is 3.83. The van der Waals surface area contributed by atoms with Gasteiger partial charge >= 0.3 is 0 Å². The lowest BCUT2D eigenvalue weighted by atomic mass is 10.0. The Morgan fingerprint density at radius 2 is 2.04 bits per heavy atom. The van der Waals surface area contributed by atoms with Crippen LogP contribution in [0.4, 0.5) is 5.69 Å². The highest BCUT2D eigenvalue weighted by atomic mass is 35.5. The van der Waals surface area contributed by atoms with Crippen LogP contribution in [0.15, 0.2) is 59.0 Å². The summed E-state index contributed by atoms with van der Waals surface area (Å²) in [4.78, 5) is 4.57. The van der Waals surface area contributed by atoms with Gasteiger partial charge in [-0.05, 0) is 36.1 Å². The maximum absolute atomic E-state index is 9.43. The van der Waals surface area contributed by atoms with Crippen LogP contribution in [0.25, 0.3) is 11.3 Å². The molecule has 1 heterocycles. The molecule has 27 heavy (non-hydrogen) atoms. The smallest absolute Gasteiger partial charge is 0.196 e. The Kier molecular flexibility index (Phi) is 6.23. The molecular weight excluding hydrogens is 376 g/mol. The Labute approximate surface area is 168 Å². The number of hydrazone groups is 1. The highest BCUT2D eigenvalue weighted by Gasteiger charge is 2.11. The van der Waals surface area contributed by atoms with Gasteiger partial charge in [0.1, 0.15) is 6.07 Å². The fourth-order valence-electron chi connectivity index (χ4n) is 2.60. The molecule has 0 spiro atoms. The van der Waals surface area contributed by atoms with Crippen molar-refractivity contribution in [2.45, 2.75) is 20.3 Å². The van der Waals surface area contributed by atoms with E-state index in [0.717, 1.165) is 17.7 Å². The fraction of sp³-hybridized carbons (Fsp3) is 0.190. The van der Waals surface area contributed by atoms with E-state index in [2.05, 4.69) is 59.7 Å². The predicted molar refractivity (Wildman–Crippen MR) is 113 cm³/mol. The molecule has 3 rings (SSSR count). The van der Waals surface area contributed by atoms with Crippen molar-refractivity contribution in [1.29, 1.82) is 5.26 Å². The van der Waals surface area contributed by atoms with Crippen LogP contribution in [-0.2, 0) is 6.42 Å². The molecule has 1 N–H and O–H groups in total. The molecule has 3 aromatic rings. The summed E-state index contributed by atoms with van der Waals surface area (Å²) in [5, 5.41) is 16.7. The van der Waals surface area contributed by atoms with Gasteiger partial charge in [-0.3, -0.25) is 5.43 Å². The topological polar surface area (TPSA) is 61.1 Å². The lowest BCUT2D eigenvalue weighted by molar-refractivity contribution is 0.647. The predicted octanol–water partition coefficient (Wildman–Crippen LogP) is 6.00. The molecule has 136 valence electrons. The van der Waals surface area contributed by atoms with E-state index in [1.165, 1.54) is 16.9 Å². The summed E-state index contributed by atoms with van der Waals surface area (Å²) in [6, 6.07) is 17.7. The average molecular weight is 395 g/mol. The molecule has 0 radical (unpaired) electrons. The van der Waals surface area contributed by atoms with E-state index in [-0.39, 0.29) is 5.71 Å². The number of hydrogen-bond acceptors (Lipinski definition) is 5. The van der Waals surface area contributed by atoms with Crippen LogP contribution in [0.3, 0.4) is 0 Å². The second-order valence-corrected chi connectivity index (χ2v) is 7.82. The van der Waals surface area contributed by atoms with Gasteiger partial charge in [-0.1, -0.05) is 55.8 Å². The zero-order valence-electron chi connectivity index (χ0n) is 15.1. The van der Waals surface area contributed by atoms with E-state index < -0.39 is 0 Å². The number of rotatable bonds is 6. The minimum absolute atomic E-state index is 0.239. The number of nitrogens with zero attached hydrogens (tertiary/aromatic N) is 3. The van der Waals surface area contributed by atoms with Gasteiger partial charge in [0.2, 0.25) is 0 Å². The van der Waals surface area contributed by atoms with Crippen molar-refractivity contribution < 1.29 is 0 Å². The van der Waals surface area contributed by atoms with E-state index in [1.54, 1.807) is 12.1 Å². The molecule has 0 saturated heterocycles. The molecule has 6 heteroatoms. The van der Waals surface area contributed by atoms with Crippen LogP contribution in [-0.4, -0.2) is 10.7 Å². The van der Waals surface area contributed by atoms with Crippen LogP contribution >= 0.6 is 22.9 Å². The van der Waals surface area contributed by atoms with Gasteiger partial charge in [-0.2, -0.15) is 10.4 Å². The minimum atomic E-state index is 0.239. The first-order valence-electron chi connectivity index (χ1n) is 8.59. The second-order valence-electron chi connectivity index (χ2n) is 6.53. The van der Waals surface area contributed by atoms with Crippen molar-refractivity contribution in [3.8, 4) is 17.3 Å². The molecule has 0 saturated carbocycles. The van der Waals surface area contributed by atoms with Crippen LogP contribution in [0, 0.1) is 17.2 Å². The van der Waals surface area contributed by atoms with Crippen LogP contribution in [0.5, 0.6) is 0 Å². The van der Waals surface area contributed by atoms with Gasteiger partial charge in [0.25, 0.3) is 0 Å². The first-order valence-corrected chi connectivity index (χ1v) is 9.85. The number of hydrogen-bond donors (Lipinski definition) is 1. The molecule has 2 aromatic carbocycles. The van der Waals surface area contributed by atoms with Gasteiger partial charge in [-0.25, -0.2) is 4.98 Å². The number of nitrogens with one attached hydrogen (secondary N) is 1. The number of anilines is 1. The van der Waals surface area contributed by atoms with Crippen molar-refractivity contribution in [2.24, 2.45) is 11.0 Å². The Morgan fingerprint density at radius 1 is 1.26 bits per heavy atom. The summed E-state index contributed by atoms with van der Waals surface area (Å²) >= 11 is 7.36. The Balaban J connectivity index is 1.77. The second kappa shape index (κ2) is 8.81. The van der Waals surface area contributed by atoms with E-state index >= 15 is 0 Å². The lowest BCUT2D eigenvalue weighted by Gasteiger charge is -2.05. The quantitative estimate of drug-likeness (QED) is 0.411. The standard InChI is InChI=1S/C21H19ClN4S/c1-14(2)10-15-6-8-16(9-7-15)20-13-27-21(24-20)19(12-23)26-25-18-5-3-4-17(22)11-18/h3-9,11,13-14,25H,10H2,1-2H3/b26-19-. The summed E-state index contributed by atoms with van der Waals surface area (Å²) in [5.41, 5.74) is 7.00. The Bertz CT molecular complexity index is 984. The number of nitriles is 1. The SMILES string of the molecule is CC(C)Cc1ccc(-c2csc(/C(C#N)=N\Nc3cccc(Cl)c3)n2)cc1. The number of aromatic nitrogens is 1. The van der Waals surface area contributed by atoms with Gasteiger partial charge in [0, 0.05) is 16.0 Å². The lowest BCUT2D eigenvalue weighted by Crippen LogP contribution is -2.01. The van der Waals surface area contributed by atoms with Gasteiger partial charge in [0.05, 0.1) is 11.4 Å². The van der Waals surface area contributed by atoms with Crippen molar-refractivity contribution >= 4 is 34.3 Å². The third-order valence-corrected chi connectivity index (χ3v) is 4.91. The first-order chi connectivity index (χ1) is 13.0. The molecule has 1 aromatic heterocycles. The maximum atomic E-state index is 9.43. The normalized spacial score (nSPS) is 11.4. The molecule has 0 atom stereocenters. The van der Waals surface area contributed by atoms with E-state index in [9.17, 15) is 5.26 Å². The zero-order valence-corrected chi connectivity index (χ0v) is 16.7. The fourth-order valence-corrected chi connectivity index (χ4v) is 3.55. The van der Waals surface area contributed by atoms with Crippen LogP contribution in [0.2, 0.25) is 5.02 Å². The number of halogens is 1. The summed E-state index contributed by atoms with van der Waals surface area (Å²) < 4.78 is 0. The Hall–Kier alpha value is -2.68. The van der Waals surface area contributed by atoms with Crippen molar-refractivity contribution in [3.63, 3.8) is 0 Å². The van der Waals surface area contributed by atoms with Crippen LogP contribution < -0.4 is 5.43 Å². The van der Waals surface area contributed by atoms with Crippen molar-refractivity contribution in [3.05, 3.63) is 69.5 Å². The first kappa shape index (κ1) is 19.1. The van der Waals surface area contributed by atoms with Gasteiger partial charge in [-0.15, -0.1) is 11.3 Å². The van der Waals surface area contributed by atoms with E-state index in [4.69, 9.17) is 11.6 Å². The molecule has 0 aliphatic carbocycles. The van der Waals surface area contributed by atoms with E-state index in [1.807, 2.05) is 17.5 Å². The molecule has 0 fully saturated rings. The third kappa shape index (κ3) is 5.16. The monoisotopic (exact) mass is 394 g/mol. The summed E-state index contributed by atoms with van der Waals surface area (Å²) in [6.07, 6.45) is 1.06. The highest BCUT2D eigenvalue weighted by molar-refractivity contribution is 7.12. The van der Waals surface area contributed by atoms with Crippen molar-refractivity contribution in [1.82, 2.24) is 4.98 Å². The number of thiazole rings is 1. The average Bonchev–Trinajstić information content (AvgIpc) is 3.12. The van der Waals surface area contributed by atoms with Gasteiger partial charge in [0.15, 0.2) is 10.7 Å².